The largest absolute Gasteiger partial charge is 0.398 e. The minimum Gasteiger partial charge on any atom is -0.325 e. The number of thioether (sulfide) groups is 1. The lowest BCUT2D eigenvalue weighted by Crippen LogP contribution is -2.43. The first-order valence-corrected chi connectivity index (χ1v) is 12.5. The molecule has 0 bridgehead atoms. The van der Waals surface area contributed by atoms with Gasteiger partial charge < -0.3 is 5.32 Å². The molecule has 11 heteroatoms. The van der Waals surface area contributed by atoms with Crippen molar-refractivity contribution in [2.24, 2.45) is 5.92 Å². The zero-order valence-corrected chi connectivity index (χ0v) is 18.6. The fourth-order valence-corrected chi connectivity index (χ4v) is 6.87. The van der Waals surface area contributed by atoms with E-state index in [9.17, 15) is 26.4 Å². The maximum Gasteiger partial charge on any atom is 0.398 e. The minimum absolute atomic E-state index is 0.0446. The highest BCUT2D eigenvalue weighted by Crippen LogP contribution is 2.33. The van der Waals surface area contributed by atoms with Gasteiger partial charge in [0.2, 0.25) is 5.91 Å². The molecule has 164 valence electrons. The van der Waals surface area contributed by atoms with Crippen LogP contribution in [0.4, 0.5) is 18.9 Å². The van der Waals surface area contributed by atoms with Gasteiger partial charge in [0.05, 0.1) is 17.4 Å². The van der Waals surface area contributed by atoms with Crippen LogP contribution in [-0.4, -0.2) is 43.6 Å². The Balaban J connectivity index is 1.69. The maximum absolute atomic E-state index is 12.9. The molecule has 1 amide bonds. The van der Waals surface area contributed by atoms with Crippen LogP contribution in [0.5, 0.6) is 0 Å². The van der Waals surface area contributed by atoms with Gasteiger partial charge in [-0.2, -0.15) is 17.5 Å². The monoisotopic (exact) mass is 478 g/mol. The van der Waals surface area contributed by atoms with Crippen molar-refractivity contribution in [2.45, 2.75) is 35.0 Å². The zero-order chi connectivity index (χ0) is 21.9. The fraction of sp³-hybridized carbons (Fsp3) is 0.421. The molecule has 1 aromatic heterocycles. The first-order chi connectivity index (χ1) is 14.1. The number of alkyl halides is 3. The van der Waals surface area contributed by atoms with Gasteiger partial charge in [-0.15, -0.1) is 23.1 Å². The van der Waals surface area contributed by atoms with Crippen molar-refractivity contribution in [2.75, 3.05) is 24.2 Å². The van der Waals surface area contributed by atoms with Crippen molar-refractivity contribution in [3.63, 3.8) is 0 Å². The van der Waals surface area contributed by atoms with Crippen molar-refractivity contribution in [1.29, 1.82) is 0 Å². The number of anilines is 1. The molecule has 1 unspecified atom stereocenters. The van der Waals surface area contributed by atoms with Gasteiger partial charge in [0.25, 0.3) is 10.0 Å². The van der Waals surface area contributed by atoms with Gasteiger partial charge >= 0.3 is 6.18 Å². The Morgan fingerprint density at radius 1 is 1.27 bits per heavy atom. The second kappa shape index (κ2) is 9.29. The number of para-hydroxylation sites is 1. The van der Waals surface area contributed by atoms with E-state index in [-0.39, 0.29) is 10.8 Å². The van der Waals surface area contributed by atoms with Crippen molar-refractivity contribution in [3.8, 4) is 0 Å². The van der Waals surface area contributed by atoms with E-state index in [1.807, 2.05) is 6.92 Å². The Labute approximate surface area is 181 Å². The molecular weight excluding hydrogens is 457 g/mol. The highest BCUT2D eigenvalue weighted by molar-refractivity contribution is 7.99. The van der Waals surface area contributed by atoms with Crippen molar-refractivity contribution in [3.05, 3.63) is 41.3 Å². The summed E-state index contributed by atoms with van der Waals surface area (Å²) in [6.07, 6.45) is -3.27. The lowest BCUT2D eigenvalue weighted by atomic mass is 9.99. The minimum atomic E-state index is -4.32. The molecule has 1 atom stereocenters. The van der Waals surface area contributed by atoms with Crippen LogP contribution in [0.1, 0.15) is 17.7 Å². The Hall–Kier alpha value is -1.56. The number of nitrogens with zero attached hydrogens (tertiary/aromatic N) is 1. The number of rotatable bonds is 6. The highest BCUT2D eigenvalue weighted by Gasteiger charge is 2.34. The first kappa shape index (κ1) is 23.1. The molecule has 1 fully saturated rings. The number of benzene rings is 1. The molecule has 1 saturated heterocycles. The van der Waals surface area contributed by atoms with Crippen molar-refractivity contribution >= 4 is 44.7 Å². The van der Waals surface area contributed by atoms with Crippen LogP contribution in [-0.2, 0) is 14.8 Å². The number of aryl methyl sites for hydroxylation is 1. The summed E-state index contributed by atoms with van der Waals surface area (Å²) < 4.78 is 64.9. The van der Waals surface area contributed by atoms with E-state index in [0.29, 0.717) is 41.7 Å². The summed E-state index contributed by atoms with van der Waals surface area (Å²) >= 11 is 1.79. The third kappa shape index (κ3) is 5.77. The molecule has 2 aromatic rings. The Morgan fingerprint density at radius 2 is 2.00 bits per heavy atom. The van der Waals surface area contributed by atoms with Crippen molar-refractivity contribution in [1.82, 2.24) is 4.31 Å². The quantitative estimate of drug-likeness (QED) is 0.609. The smallest absolute Gasteiger partial charge is 0.325 e. The molecule has 1 N–H and O–H groups in total. The molecule has 30 heavy (non-hydrogen) atoms. The summed E-state index contributed by atoms with van der Waals surface area (Å²) in [6.45, 7) is 2.20. The second-order valence-corrected chi connectivity index (χ2v) is 11.4. The van der Waals surface area contributed by atoms with Crippen LogP contribution in [0.15, 0.2) is 45.5 Å². The van der Waals surface area contributed by atoms with Crippen LogP contribution >= 0.6 is 23.1 Å². The predicted octanol–water partition coefficient (Wildman–Crippen LogP) is 4.75. The number of carbonyl (C=O) groups excluding carboxylic acids is 1. The lowest BCUT2D eigenvalue weighted by molar-refractivity contribution is -0.120. The number of nitrogens with one attached hydrogen (secondary N) is 1. The summed E-state index contributed by atoms with van der Waals surface area (Å²) in [6, 6.07) is 9.59. The number of thiophene rings is 1. The molecule has 5 nitrogen and oxygen atoms in total. The molecule has 2 heterocycles. The van der Waals surface area contributed by atoms with Gasteiger partial charge in [-0.1, -0.05) is 12.1 Å². The van der Waals surface area contributed by atoms with E-state index >= 15 is 0 Å². The lowest BCUT2D eigenvalue weighted by Gasteiger charge is -2.31. The van der Waals surface area contributed by atoms with Crippen molar-refractivity contribution < 1.29 is 26.4 Å². The average Bonchev–Trinajstić information content (AvgIpc) is 3.14. The average molecular weight is 479 g/mol. The van der Waals surface area contributed by atoms with Crippen LogP contribution < -0.4 is 5.32 Å². The maximum atomic E-state index is 12.9. The summed E-state index contributed by atoms with van der Waals surface area (Å²) in [5.74, 6) is -2.03. The van der Waals surface area contributed by atoms with E-state index in [1.165, 1.54) is 21.7 Å². The molecule has 1 aliphatic heterocycles. The van der Waals surface area contributed by atoms with Crippen LogP contribution in [0.3, 0.4) is 0 Å². The molecule has 3 rings (SSSR count). The number of hydrogen-bond acceptors (Lipinski definition) is 5. The Morgan fingerprint density at radius 3 is 2.67 bits per heavy atom. The van der Waals surface area contributed by atoms with Crippen LogP contribution in [0, 0.1) is 12.8 Å². The van der Waals surface area contributed by atoms with Crippen LogP contribution in [0.2, 0.25) is 0 Å². The third-order valence-electron chi connectivity index (χ3n) is 4.60. The van der Waals surface area contributed by atoms with E-state index in [0.717, 1.165) is 4.88 Å². The standard InChI is InChI=1S/C19H21F3N2O3S3/c1-13-8-9-17(29-13)30(26,27)24-10-4-5-14(11-24)18(25)23-15-6-2-3-7-16(15)28-12-19(20,21)22/h2-3,6-9,14H,4-5,10-12H2,1H3,(H,23,25). The van der Waals surface area contributed by atoms with E-state index in [4.69, 9.17) is 0 Å². The second-order valence-electron chi connectivity index (χ2n) is 6.96. The highest BCUT2D eigenvalue weighted by atomic mass is 32.2. The van der Waals surface area contributed by atoms with Gasteiger partial charge in [-0.3, -0.25) is 4.79 Å². The van der Waals surface area contributed by atoms with E-state index in [2.05, 4.69) is 5.32 Å². The van der Waals surface area contributed by atoms with E-state index in [1.54, 1.807) is 30.3 Å². The summed E-state index contributed by atoms with van der Waals surface area (Å²) in [7, 11) is -3.67. The molecular formula is C19H21F3N2O3S3. The van der Waals surface area contributed by atoms with Gasteiger partial charge in [-0.25, -0.2) is 8.42 Å². The number of halogens is 3. The summed E-state index contributed by atoms with van der Waals surface area (Å²) in [5.41, 5.74) is 0.297. The Bertz CT molecular complexity index is 1010. The van der Waals surface area contributed by atoms with E-state index < -0.39 is 33.8 Å². The molecule has 0 aliphatic carbocycles. The van der Waals surface area contributed by atoms with Gasteiger partial charge in [0.15, 0.2) is 0 Å². The summed E-state index contributed by atoms with van der Waals surface area (Å²) in [5, 5.41) is 2.69. The Kier molecular flexibility index (Phi) is 7.16. The molecule has 0 spiro atoms. The van der Waals surface area contributed by atoms with Crippen LogP contribution in [0.25, 0.3) is 0 Å². The molecule has 0 saturated carbocycles. The van der Waals surface area contributed by atoms with Gasteiger partial charge in [0.1, 0.15) is 4.21 Å². The third-order valence-corrected chi connectivity index (χ3v) is 9.07. The van der Waals surface area contributed by atoms with Gasteiger partial charge in [0, 0.05) is 22.9 Å². The number of amides is 1. The zero-order valence-electron chi connectivity index (χ0n) is 16.1. The SMILES string of the molecule is Cc1ccc(S(=O)(=O)N2CCCC(C(=O)Nc3ccccc3SCC(F)(F)F)C2)s1. The number of piperidine rings is 1. The number of carbonyl (C=O) groups is 1. The topological polar surface area (TPSA) is 66.5 Å². The summed E-state index contributed by atoms with van der Waals surface area (Å²) in [4.78, 5) is 14.0. The predicted molar refractivity (Wildman–Crippen MR) is 112 cm³/mol. The molecule has 0 radical (unpaired) electrons. The molecule has 1 aliphatic rings. The fourth-order valence-electron chi connectivity index (χ4n) is 3.14. The van der Waals surface area contributed by atoms with Gasteiger partial charge in [-0.05, 0) is 44.0 Å². The first-order valence-electron chi connectivity index (χ1n) is 9.22. The molecule has 1 aromatic carbocycles. The normalized spacial score (nSPS) is 18.3. The number of hydrogen-bond donors (Lipinski definition) is 1. The number of sulfonamides is 1.